The summed E-state index contributed by atoms with van der Waals surface area (Å²) in [5.74, 6) is 0.569. The van der Waals surface area contributed by atoms with Crippen molar-refractivity contribution in [2.45, 2.75) is 33.6 Å². The Hall–Kier alpha value is -1.21. The minimum absolute atomic E-state index is 0.0845. The molecule has 0 N–H and O–H groups in total. The average Bonchev–Trinajstić information content (AvgIpc) is 3.01. The van der Waals surface area contributed by atoms with E-state index in [0.717, 1.165) is 36.4 Å². The molecule has 0 saturated carbocycles. The Balaban J connectivity index is 0.000000188. The lowest BCUT2D eigenvalue weighted by Gasteiger charge is -2.11. The number of carbonyl (C=O) groups excluding carboxylic acids is 3. The molecule has 2 aliphatic heterocycles. The Morgan fingerprint density at radius 2 is 1.50 bits per heavy atom. The number of ketones is 1. The van der Waals surface area contributed by atoms with E-state index in [4.69, 9.17) is 4.74 Å². The molecule has 1 saturated heterocycles. The molecule has 1 aromatic rings. The van der Waals surface area contributed by atoms with Crippen LogP contribution in [-0.4, -0.2) is 28.1 Å². The van der Waals surface area contributed by atoms with Gasteiger partial charge in [-0.2, -0.15) is 0 Å². The van der Waals surface area contributed by atoms with Gasteiger partial charge in [-0.25, -0.2) is 3.93 Å². The number of rotatable bonds is 0. The number of hydrogen-bond acceptors (Lipinski definition) is 4. The molecule has 0 atom stereocenters. The molecule has 0 spiro atoms. The molecule has 0 bridgehead atoms. The summed E-state index contributed by atoms with van der Waals surface area (Å²) < 4.78 is 7.39. The molecule has 0 aromatic heterocycles. The third-order valence-corrected chi connectivity index (χ3v) is 5.76. The number of amides is 2. The van der Waals surface area contributed by atoms with Gasteiger partial charge in [0.05, 0.1) is 21.7 Å². The average molecular weight is 433 g/mol. The highest BCUT2D eigenvalue weighted by atomic mass is 79.9. The number of carbonyl (C=O) groups is 3. The molecule has 0 unspecified atom stereocenters. The van der Waals surface area contributed by atoms with Crippen LogP contribution in [0.25, 0.3) is 0 Å². The summed E-state index contributed by atoms with van der Waals surface area (Å²) >= 11 is 6.31. The van der Waals surface area contributed by atoms with E-state index in [9.17, 15) is 14.4 Å². The third kappa shape index (κ3) is 2.96. The topological polar surface area (TPSA) is 63.7 Å². The van der Waals surface area contributed by atoms with E-state index in [1.165, 1.54) is 0 Å². The second kappa shape index (κ2) is 6.50. The van der Waals surface area contributed by atoms with Gasteiger partial charge in [-0.15, -0.1) is 0 Å². The van der Waals surface area contributed by atoms with Crippen LogP contribution in [0.5, 0.6) is 5.75 Å². The Kier molecular flexibility index (Phi) is 5.07. The standard InChI is InChI=1S/C11H11BrO2.C4H4BrNO2/c1-5-6(2)11-9(7(3)10(5)12)8(13)4-14-11;5-6-3(7)1-2-4(6)8/h4H2,1-3H3;1-2H2. The summed E-state index contributed by atoms with van der Waals surface area (Å²) in [6, 6.07) is 0. The van der Waals surface area contributed by atoms with Crippen molar-refractivity contribution in [2.24, 2.45) is 0 Å². The Morgan fingerprint density at radius 3 is 1.95 bits per heavy atom. The van der Waals surface area contributed by atoms with E-state index in [-0.39, 0.29) is 24.2 Å². The van der Waals surface area contributed by atoms with Crippen molar-refractivity contribution in [3.8, 4) is 5.75 Å². The summed E-state index contributed by atoms with van der Waals surface area (Å²) in [5.41, 5.74) is 3.95. The molecule has 7 heteroatoms. The number of Topliss-reactive ketones (excluding diaryl/α,β-unsaturated/α-hetero) is 1. The van der Waals surface area contributed by atoms with Crippen molar-refractivity contribution in [2.75, 3.05) is 6.61 Å². The van der Waals surface area contributed by atoms with E-state index in [0.29, 0.717) is 12.8 Å². The first-order valence-corrected chi connectivity index (χ1v) is 8.22. The largest absolute Gasteiger partial charge is 0.484 e. The molecular weight excluding hydrogens is 418 g/mol. The number of ether oxygens (including phenoxy) is 1. The molecule has 118 valence electrons. The van der Waals surface area contributed by atoms with Crippen LogP contribution in [0.4, 0.5) is 0 Å². The van der Waals surface area contributed by atoms with E-state index in [1.807, 2.05) is 20.8 Å². The minimum atomic E-state index is -0.144. The van der Waals surface area contributed by atoms with Gasteiger partial charge in [0.15, 0.2) is 6.61 Å². The summed E-state index contributed by atoms with van der Waals surface area (Å²) in [7, 11) is 0. The fraction of sp³-hybridized carbons (Fsp3) is 0.400. The van der Waals surface area contributed by atoms with Crippen molar-refractivity contribution < 1.29 is 19.1 Å². The van der Waals surface area contributed by atoms with Crippen LogP contribution in [0.2, 0.25) is 0 Å². The maximum Gasteiger partial charge on any atom is 0.239 e. The summed E-state index contributed by atoms with van der Waals surface area (Å²) in [4.78, 5) is 32.4. The van der Waals surface area contributed by atoms with Gasteiger partial charge in [0, 0.05) is 17.3 Å². The molecule has 1 aromatic carbocycles. The highest BCUT2D eigenvalue weighted by Crippen LogP contribution is 2.38. The monoisotopic (exact) mass is 431 g/mol. The van der Waals surface area contributed by atoms with Gasteiger partial charge >= 0.3 is 0 Å². The molecule has 3 rings (SSSR count). The lowest BCUT2D eigenvalue weighted by molar-refractivity contribution is -0.131. The third-order valence-electron chi connectivity index (χ3n) is 3.78. The van der Waals surface area contributed by atoms with Crippen LogP contribution in [0, 0.1) is 20.8 Å². The second-order valence-corrected chi connectivity index (χ2v) is 6.68. The normalized spacial score (nSPS) is 16.4. The van der Waals surface area contributed by atoms with Crippen LogP contribution < -0.4 is 4.74 Å². The Morgan fingerprint density at radius 1 is 0.955 bits per heavy atom. The lowest BCUT2D eigenvalue weighted by Crippen LogP contribution is -2.16. The zero-order chi connectivity index (χ0) is 16.6. The quantitative estimate of drug-likeness (QED) is 0.465. The van der Waals surface area contributed by atoms with E-state index < -0.39 is 0 Å². The first-order valence-electron chi connectivity index (χ1n) is 6.72. The van der Waals surface area contributed by atoms with Gasteiger partial charge in [-0.05, 0) is 37.5 Å². The maximum absolute atomic E-state index is 11.6. The molecule has 2 aliphatic rings. The molecule has 2 heterocycles. The minimum Gasteiger partial charge on any atom is -0.484 e. The fourth-order valence-corrected chi connectivity index (χ4v) is 3.21. The predicted octanol–water partition coefficient (Wildman–Crippen LogP) is 3.39. The number of imide groups is 1. The Labute approximate surface area is 145 Å². The van der Waals surface area contributed by atoms with Crippen molar-refractivity contribution >= 4 is 49.7 Å². The molecule has 5 nitrogen and oxygen atoms in total. The molecule has 1 fully saturated rings. The van der Waals surface area contributed by atoms with E-state index in [1.54, 1.807) is 0 Å². The van der Waals surface area contributed by atoms with Gasteiger partial charge in [0.2, 0.25) is 17.6 Å². The SMILES string of the molecule is Cc1c(C)c2c(c(C)c1Br)C(=O)CO2.O=C1CCC(=O)N1Br. The van der Waals surface area contributed by atoms with Crippen LogP contribution in [-0.2, 0) is 9.59 Å². The Bertz CT molecular complexity index is 669. The highest BCUT2D eigenvalue weighted by molar-refractivity contribution is 9.10. The highest BCUT2D eigenvalue weighted by Gasteiger charge is 2.28. The number of halogens is 2. The van der Waals surface area contributed by atoms with Crippen LogP contribution >= 0.6 is 32.1 Å². The number of nitrogens with zero attached hydrogens (tertiary/aromatic N) is 1. The van der Waals surface area contributed by atoms with Crippen molar-refractivity contribution in [3.63, 3.8) is 0 Å². The second-order valence-electron chi connectivity index (χ2n) is 5.17. The molecule has 0 aliphatic carbocycles. The first kappa shape index (κ1) is 17.1. The summed E-state index contributed by atoms with van der Waals surface area (Å²) in [6.07, 6.45) is 0.703. The van der Waals surface area contributed by atoms with Gasteiger partial charge in [0.1, 0.15) is 5.75 Å². The van der Waals surface area contributed by atoms with Crippen LogP contribution in [0.3, 0.4) is 0 Å². The van der Waals surface area contributed by atoms with Crippen molar-refractivity contribution in [1.29, 1.82) is 0 Å². The zero-order valence-corrected chi connectivity index (χ0v) is 15.6. The zero-order valence-electron chi connectivity index (χ0n) is 12.5. The van der Waals surface area contributed by atoms with E-state index in [2.05, 4.69) is 32.1 Å². The summed E-state index contributed by atoms with van der Waals surface area (Å²) in [5, 5.41) is 0. The molecule has 2 amide bonds. The van der Waals surface area contributed by atoms with Crippen LogP contribution in [0.1, 0.15) is 39.9 Å². The van der Waals surface area contributed by atoms with Crippen molar-refractivity contribution in [1.82, 2.24) is 3.93 Å². The number of benzene rings is 1. The maximum atomic E-state index is 11.6. The number of hydrogen-bond donors (Lipinski definition) is 0. The van der Waals surface area contributed by atoms with Gasteiger partial charge in [-0.3, -0.25) is 14.4 Å². The molecule has 0 radical (unpaired) electrons. The van der Waals surface area contributed by atoms with E-state index >= 15 is 0 Å². The number of fused-ring (bicyclic) bond motifs is 1. The summed E-state index contributed by atoms with van der Waals surface area (Å²) in [6.45, 7) is 6.14. The molecular formula is C15H15Br2NO4. The van der Waals surface area contributed by atoms with Gasteiger partial charge in [0.25, 0.3) is 0 Å². The predicted molar refractivity (Wildman–Crippen MR) is 88.2 cm³/mol. The lowest BCUT2D eigenvalue weighted by atomic mass is 9.98. The van der Waals surface area contributed by atoms with Crippen LogP contribution in [0.15, 0.2) is 4.47 Å². The molecule has 22 heavy (non-hydrogen) atoms. The van der Waals surface area contributed by atoms with Crippen molar-refractivity contribution in [3.05, 3.63) is 26.7 Å². The first-order chi connectivity index (χ1) is 10.3. The van der Waals surface area contributed by atoms with Gasteiger partial charge in [-0.1, -0.05) is 15.9 Å². The fourth-order valence-electron chi connectivity index (χ4n) is 2.36. The van der Waals surface area contributed by atoms with Gasteiger partial charge < -0.3 is 4.74 Å². The smallest absolute Gasteiger partial charge is 0.239 e.